The first-order valence-electron chi connectivity index (χ1n) is 7.25. The molecule has 1 unspecified atom stereocenters. The number of aromatic amines is 1. The van der Waals surface area contributed by atoms with Gasteiger partial charge in [0.05, 0.1) is 12.1 Å². The number of hydrogen-bond donors (Lipinski definition) is 2. The Hall–Kier alpha value is -1.63. The zero-order chi connectivity index (χ0) is 15.7. The normalized spacial score (nSPS) is 22.3. The maximum absolute atomic E-state index is 11.4. The minimum Gasteiger partial charge on any atom is -0.388 e. The van der Waals surface area contributed by atoms with Gasteiger partial charge in [0.15, 0.2) is 0 Å². The van der Waals surface area contributed by atoms with E-state index in [0.717, 1.165) is 12.1 Å². The molecule has 7 heteroatoms. The van der Waals surface area contributed by atoms with E-state index in [1.165, 1.54) is 4.68 Å². The summed E-state index contributed by atoms with van der Waals surface area (Å²) in [6.07, 6.45) is 1.26. The quantitative estimate of drug-likeness (QED) is 0.878. The van der Waals surface area contributed by atoms with Crippen LogP contribution in [-0.4, -0.2) is 43.5 Å². The molecular weight excluding hydrogens is 304 g/mol. The zero-order valence-corrected chi connectivity index (χ0v) is 13.2. The average Bonchev–Trinajstić information content (AvgIpc) is 2.93. The van der Waals surface area contributed by atoms with Gasteiger partial charge in [0.25, 0.3) is 0 Å². The molecular formula is C15H19ClN4O2. The fourth-order valence-electron chi connectivity index (χ4n) is 2.99. The molecule has 1 atom stereocenters. The van der Waals surface area contributed by atoms with Crippen molar-refractivity contribution in [3.8, 4) is 0 Å². The predicted octanol–water partition coefficient (Wildman–Crippen LogP) is 0.941. The minimum absolute atomic E-state index is 0.219. The summed E-state index contributed by atoms with van der Waals surface area (Å²) in [5.41, 5.74) is 0.0474. The smallest absolute Gasteiger partial charge is 0.343 e. The highest BCUT2D eigenvalue weighted by Crippen LogP contribution is 2.27. The largest absolute Gasteiger partial charge is 0.388 e. The molecule has 2 aromatic rings. The number of H-pyrrole nitrogens is 1. The van der Waals surface area contributed by atoms with Crippen LogP contribution in [0.25, 0.3) is 0 Å². The fourth-order valence-corrected chi connectivity index (χ4v) is 3.20. The van der Waals surface area contributed by atoms with Gasteiger partial charge >= 0.3 is 5.69 Å². The Bertz CT molecular complexity index is 726. The summed E-state index contributed by atoms with van der Waals surface area (Å²) >= 11 is 5.99. The van der Waals surface area contributed by atoms with Crippen LogP contribution in [0.15, 0.2) is 29.1 Å². The van der Waals surface area contributed by atoms with Gasteiger partial charge in [-0.25, -0.2) is 9.48 Å². The fraction of sp³-hybridized carbons (Fsp3) is 0.467. The van der Waals surface area contributed by atoms with Gasteiger partial charge in [0, 0.05) is 31.6 Å². The standard InChI is InChI=1S/C15H19ClN4O2/c1-19-14(21)17-13(18-19)9-20-6-5-15(22,10-20)8-11-3-2-4-12(16)7-11/h2-4,7,22H,5-6,8-10H2,1H3,(H,17,18,21). The number of aliphatic hydroxyl groups is 1. The number of halogens is 1. The van der Waals surface area contributed by atoms with Crippen LogP contribution in [0.5, 0.6) is 0 Å². The van der Waals surface area contributed by atoms with Gasteiger partial charge in [-0.2, -0.15) is 5.10 Å². The number of nitrogens with zero attached hydrogens (tertiary/aromatic N) is 3. The second-order valence-electron chi connectivity index (χ2n) is 5.99. The average molecular weight is 323 g/mol. The second kappa shape index (κ2) is 5.87. The molecule has 0 amide bonds. The van der Waals surface area contributed by atoms with Crippen molar-refractivity contribution in [2.24, 2.45) is 7.05 Å². The molecule has 0 aliphatic carbocycles. The Balaban J connectivity index is 1.64. The van der Waals surface area contributed by atoms with Crippen LogP contribution >= 0.6 is 11.6 Å². The van der Waals surface area contributed by atoms with Crippen LogP contribution < -0.4 is 5.69 Å². The second-order valence-corrected chi connectivity index (χ2v) is 6.43. The molecule has 0 bridgehead atoms. The number of benzene rings is 1. The van der Waals surface area contributed by atoms with Gasteiger partial charge in [-0.05, 0) is 24.1 Å². The summed E-state index contributed by atoms with van der Waals surface area (Å²) in [6, 6.07) is 7.58. The van der Waals surface area contributed by atoms with Crippen LogP contribution in [0.2, 0.25) is 5.02 Å². The highest BCUT2D eigenvalue weighted by Gasteiger charge is 2.36. The van der Waals surface area contributed by atoms with Crippen LogP contribution in [0.3, 0.4) is 0 Å². The molecule has 1 saturated heterocycles. The van der Waals surface area contributed by atoms with E-state index >= 15 is 0 Å². The highest BCUT2D eigenvalue weighted by molar-refractivity contribution is 6.30. The third-order valence-electron chi connectivity index (χ3n) is 4.02. The van der Waals surface area contributed by atoms with Crippen molar-refractivity contribution in [1.29, 1.82) is 0 Å². The predicted molar refractivity (Wildman–Crippen MR) is 83.8 cm³/mol. The first-order valence-corrected chi connectivity index (χ1v) is 7.63. The Labute approximate surface area is 133 Å². The van der Waals surface area contributed by atoms with Crippen molar-refractivity contribution in [2.75, 3.05) is 13.1 Å². The molecule has 118 valence electrons. The van der Waals surface area contributed by atoms with Crippen molar-refractivity contribution in [2.45, 2.75) is 25.0 Å². The molecule has 6 nitrogen and oxygen atoms in total. The Kier molecular flexibility index (Phi) is 4.08. The van der Waals surface area contributed by atoms with Gasteiger partial charge in [-0.15, -0.1) is 0 Å². The molecule has 0 saturated carbocycles. The number of β-amino-alcohol motifs (C(OH)–C–C–N with tert-alkyl or cyclic N) is 1. The molecule has 22 heavy (non-hydrogen) atoms. The van der Waals surface area contributed by atoms with Crippen LogP contribution in [0.1, 0.15) is 17.8 Å². The summed E-state index contributed by atoms with van der Waals surface area (Å²) in [7, 11) is 1.61. The zero-order valence-electron chi connectivity index (χ0n) is 12.4. The number of rotatable bonds is 4. The maximum Gasteiger partial charge on any atom is 0.343 e. The third-order valence-corrected chi connectivity index (χ3v) is 4.26. The molecule has 1 fully saturated rings. The molecule has 0 spiro atoms. The summed E-state index contributed by atoms with van der Waals surface area (Å²) < 4.78 is 1.28. The van der Waals surface area contributed by atoms with E-state index < -0.39 is 5.60 Å². The van der Waals surface area contributed by atoms with Crippen molar-refractivity contribution in [3.63, 3.8) is 0 Å². The summed E-state index contributed by atoms with van der Waals surface area (Å²) in [4.78, 5) is 16.2. The molecule has 3 rings (SSSR count). The summed E-state index contributed by atoms with van der Waals surface area (Å²) in [5.74, 6) is 0.625. The number of nitrogens with one attached hydrogen (secondary N) is 1. The molecule has 1 aromatic carbocycles. The summed E-state index contributed by atoms with van der Waals surface area (Å²) in [5, 5.41) is 15.6. The molecule has 2 heterocycles. The van der Waals surface area contributed by atoms with Crippen LogP contribution in [-0.2, 0) is 20.0 Å². The number of aromatic nitrogens is 3. The van der Waals surface area contributed by atoms with Crippen molar-refractivity contribution in [1.82, 2.24) is 19.7 Å². The molecule has 0 radical (unpaired) electrons. The van der Waals surface area contributed by atoms with E-state index in [1.54, 1.807) is 7.05 Å². The topological polar surface area (TPSA) is 74.2 Å². The lowest BCUT2D eigenvalue weighted by Gasteiger charge is -2.23. The third kappa shape index (κ3) is 3.40. The Morgan fingerprint density at radius 2 is 2.32 bits per heavy atom. The van der Waals surface area contributed by atoms with Crippen molar-refractivity contribution < 1.29 is 5.11 Å². The lowest BCUT2D eigenvalue weighted by molar-refractivity contribution is 0.0485. The monoisotopic (exact) mass is 322 g/mol. The van der Waals surface area contributed by atoms with Crippen molar-refractivity contribution in [3.05, 3.63) is 51.2 Å². The van der Waals surface area contributed by atoms with Gasteiger partial charge in [-0.1, -0.05) is 23.7 Å². The van der Waals surface area contributed by atoms with E-state index in [-0.39, 0.29) is 5.69 Å². The Morgan fingerprint density at radius 1 is 1.50 bits per heavy atom. The van der Waals surface area contributed by atoms with E-state index in [2.05, 4.69) is 15.0 Å². The van der Waals surface area contributed by atoms with Crippen LogP contribution in [0.4, 0.5) is 0 Å². The lowest BCUT2D eigenvalue weighted by atomic mass is 9.94. The SMILES string of the molecule is Cn1nc(CN2CCC(O)(Cc3cccc(Cl)c3)C2)[nH]c1=O. The number of hydrogen-bond acceptors (Lipinski definition) is 4. The van der Waals surface area contributed by atoms with Gasteiger partial charge in [-0.3, -0.25) is 9.88 Å². The van der Waals surface area contributed by atoms with Crippen LogP contribution in [0, 0.1) is 0 Å². The number of aryl methyl sites for hydroxylation is 1. The first-order chi connectivity index (χ1) is 10.4. The highest BCUT2D eigenvalue weighted by atomic mass is 35.5. The molecule has 2 N–H and O–H groups in total. The van der Waals surface area contributed by atoms with Gasteiger partial charge in [0.2, 0.25) is 0 Å². The van der Waals surface area contributed by atoms with E-state index in [1.807, 2.05) is 24.3 Å². The van der Waals surface area contributed by atoms with E-state index in [4.69, 9.17) is 11.6 Å². The van der Waals surface area contributed by atoms with E-state index in [0.29, 0.717) is 36.8 Å². The molecule has 1 aliphatic rings. The Morgan fingerprint density at radius 3 is 3.00 bits per heavy atom. The molecule has 1 aromatic heterocycles. The van der Waals surface area contributed by atoms with Gasteiger partial charge < -0.3 is 5.11 Å². The minimum atomic E-state index is -0.764. The summed E-state index contributed by atoms with van der Waals surface area (Å²) in [6.45, 7) is 1.86. The van der Waals surface area contributed by atoms with E-state index in [9.17, 15) is 9.90 Å². The maximum atomic E-state index is 11.4. The van der Waals surface area contributed by atoms with Crippen molar-refractivity contribution >= 4 is 11.6 Å². The molecule has 1 aliphatic heterocycles. The first kappa shape index (κ1) is 15.3. The lowest BCUT2D eigenvalue weighted by Crippen LogP contribution is -2.35. The van der Waals surface area contributed by atoms with Gasteiger partial charge in [0.1, 0.15) is 5.82 Å². The number of likely N-dealkylation sites (tertiary alicyclic amines) is 1.